The molecule has 0 aliphatic rings. The van der Waals surface area contributed by atoms with E-state index in [1.54, 1.807) is 0 Å². The zero-order valence-electron chi connectivity index (χ0n) is 11.9. The van der Waals surface area contributed by atoms with E-state index in [0.717, 1.165) is 4.79 Å². The number of alkyl halides is 15. The van der Waals surface area contributed by atoms with Gasteiger partial charge in [0.1, 0.15) is 5.03 Å². The van der Waals surface area contributed by atoms with Gasteiger partial charge in [-0.3, -0.25) is 0 Å². The fraction of sp³-hybridized carbons (Fsp3) is 0.500. The standard InChI is InChI=1S/C10ClF15N2/c11-4(9(21,22)23)2(7(15,16)17)1(6(12,13)14)3(8(18,19)20)5(28-27)10(24,25)26/b3-1-,4-2+. The van der Waals surface area contributed by atoms with Crippen LogP contribution in [0.15, 0.2) is 21.8 Å². The quantitative estimate of drug-likeness (QED) is 0.151. The molecule has 0 radical (unpaired) electrons. The Balaban J connectivity index is 7.99. The van der Waals surface area contributed by atoms with Crippen LogP contribution in [0.1, 0.15) is 0 Å². The first kappa shape index (κ1) is 26.1. The van der Waals surface area contributed by atoms with E-state index in [4.69, 9.17) is 5.53 Å². The Hall–Kier alpha value is -1.90. The average Bonchev–Trinajstić information content (AvgIpc) is 2.35. The highest BCUT2D eigenvalue weighted by molar-refractivity contribution is 6.31. The van der Waals surface area contributed by atoms with Gasteiger partial charge in [0.2, 0.25) is 0 Å². The summed E-state index contributed by atoms with van der Waals surface area (Å²) in [4.78, 5) is 0.846. The van der Waals surface area contributed by atoms with Crippen molar-refractivity contribution >= 4 is 17.3 Å². The van der Waals surface area contributed by atoms with E-state index < -0.39 is 58.3 Å². The largest absolute Gasteiger partial charge is 0.495 e. The number of hydrogen-bond acceptors (Lipinski definition) is 0. The molecule has 0 N–H and O–H groups in total. The predicted molar refractivity (Wildman–Crippen MR) is 58.8 cm³/mol. The fourth-order valence-corrected chi connectivity index (χ4v) is 1.77. The second-order valence-corrected chi connectivity index (χ2v) is 4.75. The van der Waals surface area contributed by atoms with Gasteiger partial charge in [0, 0.05) is 0 Å². The van der Waals surface area contributed by atoms with Gasteiger partial charge in [0.15, 0.2) is 5.57 Å². The van der Waals surface area contributed by atoms with Crippen molar-refractivity contribution in [3.63, 3.8) is 0 Å². The van der Waals surface area contributed by atoms with Gasteiger partial charge in [-0.2, -0.15) is 70.6 Å². The van der Waals surface area contributed by atoms with Gasteiger partial charge >= 0.3 is 36.6 Å². The second-order valence-electron chi connectivity index (χ2n) is 4.38. The molecule has 0 amide bonds. The van der Waals surface area contributed by atoms with Crippen LogP contribution in [0.25, 0.3) is 5.53 Å². The van der Waals surface area contributed by atoms with Crippen molar-refractivity contribution in [3.8, 4) is 0 Å². The van der Waals surface area contributed by atoms with Gasteiger partial charge in [-0.25, -0.2) is 0 Å². The number of rotatable bonds is 2. The Labute approximate surface area is 147 Å². The molecule has 28 heavy (non-hydrogen) atoms. The van der Waals surface area contributed by atoms with Crippen molar-refractivity contribution < 1.29 is 70.6 Å². The third-order valence-corrected chi connectivity index (χ3v) is 2.83. The Kier molecular flexibility index (Phi) is 6.99. The highest BCUT2D eigenvalue weighted by atomic mass is 35.5. The minimum Gasteiger partial charge on any atom is -0.361 e. The second kappa shape index (κ2) is 7.50. The van der Waals surface area contributed by atoms with E-state index in [1.807, 2.05) is 0 Å². The third-order valence-electron chi connectivity index (χ3n) is 2.42. The monoisotopic (exact) mass is 468 g/mol. The Morgan fingerprint density at radius 1 is 0.500 bits per heavy atom. The summed E-state index contributed by atoms with van der Waals surface area (Å²) in [5.41, 5.74) is -9.18. The average molecular weight is 469 g/mol. The smallest absolute Gasteiger partial charge is 0.361 e. The molecule has 0 rings (SSSR count). The van der Waals surface area contributed by atoms with Crippen molar-refractivity contribution in [2.45, 2.75) is 30.9 Å². The summed E-state index contributed by atoms with van der Waals surface area (Å²) in [6.45, 7) is 0. The SMILES string of the molecule is [N-]=[N+]=C(/C(=C(\C(=C(/Cl)C(F)(F)F)C(F)(F)F)C(F)(F)F)C(F)(F)F)C(F)(F)F. The first-order valence-corrected chi connectivity index (χ1v) is 6.08. The lowest BCUT2D eigenvalue weighted by molar-refractivity contribution is -0.143. The van der Waals surface area contributed by atoms with Crippen molar-refractivity contribution in [3.05, 3.63) is 27.3 Å². The molecule has 0 aliphatic heterocycles. The van der Waals surface area contributed by atoms with E-state index >= 15 is 0 Å². The molecule has 18 heteroatoms. The maximum atomic E-state index is 12.9. The predicted octanol–water partition coefficient (Wildman–Crippen LogP) is 6.26. The van der Waals surface area contributed by atoms with Gasteiger partial charge in [0.05, 0.1) is 11.1 Å². The van der Waals surface area contributed by atoms with E-state index in [9.17, 15) is 65.9 Å². The normalized spacial score (nSPS) is 16.3. The molecule has 0 bridgehead atoms. The van der Waals surface area contributed by atoms with Crippen LogP contribution in [0, 0.1) is 0 Å². The van der Waals surface area contributed by atoms with Gasteiger partial charge < -0.3 is 5.53 Å². The summed E-state index contributed by atoms with van der Waals surface area (Å²) < 4.78 is 190. The van der Waals surface area contributed by atoms with E-state index in [0.29, 0.717) is 0 Å². The molecule has 0 saturated carbocycles. The van der Waals surface area contributed by atoms with Gasteiger partial charge in [-0.05, 0) is 0 Å². The third kappa shape index (κ3) is 6.05. The lowest BCUT2D eigenvalue weighted by Crippen LogP contribution is -2.39. The summed E-state index contributed by atoms with van der Waals surface area (Å²) in [6, 6.07) is 0. The molecule has 0 aromatic heterocycles. The summed E-state index contributed by atoms with van der Waals surface area (Å²) in [5.74, 6) is 0. The van der Waals surface area contributed by atoms with Crippen molar-refractivity contribution in [1.82, 2.24) is 0 Å². The van der Waals surface area contributed by atoms with Crippen LogP contribution in [0.3, 0.4) is 0 Å². The molecule has 0 fully saturated rings. The number of allylic oxidation sites excluding steroid dienone is 4. The molecule has 2 nitrogen and oxygen atoms in total. The molecule has 0 heterocycles. The molecule has 0 aromatic rings. The van der Waals surface area contributed by atoms with Crippen LogP contribution >= 0.6 is 11.6 Å². The Morgan fingerprint density at radius 3 is 1.00 bits per heavy atom. The van der Waals surface area contributed by atoms with Crippen LogP contribution in [-0.2, 0) is 0 Å². The molecule has 0 aliphatic carbocycles. The van der Waals surface area contributed by atoms with Crippen molar-refractivity contribution in [2.75, 3.05) is 0 Å². The number of nitrogens with zero attached hydrogens (tertiary/aromatic N) is 2. The highest BCUT2D eigenvalue weighted by Gasteiger charge is 2.63. The zero-order chi connectivity index (χ0) is 23.1. The van der Waals surface area contributed by atoms with Crippen LogP contribution < -0.4 is 0 Å². The maximum Gasteiger partial charge on any atom is 0.495 e. The lowest BCUT2D eigenvalue weighted by atomic mass is 9.94. The summed E-state index contributed by atoms with van der Waals surface area (Å²) >= 11 is 4.11. The lowest BCUT2D eigenvalue weighted by Gasteiger charge is -2.23. The molecule has 0 saturated heterocycles. The van der Waals surface area contributed by atoms with E-state index in [1.165, 1.54) is 0 Å². The molecule has 0 aromatic carbocycles. The molecule has 0 unspecified atom stereocenters. The van der Waals surface area contributed by atoms with Crippen molar-refractivity contribution in [1.29, 1.82) is 0 Å². The Bertz CT molecular complexity index is 718. The topological polar surface area (TPSA) is 36.4 Å². The van der Waals surface area contributed by atoms with Gasteiger partial charge in [-0.15, -0.1) is 0 Å². The van der Waals surface area contributed by atoms with Gasteiger partial charge in [-0.1, -0.05) is 11.6 Å². The Morgan fingerprint density at radius 2 is 0.821 bits per heavy atom. The fourth-order valence-electron chi connectivity index (χ4n) is 1.57. The molecular weight excluding hydrogens is 469 g/mol. The molecule has 0 atom stereocenters. The maximum absolute atomic E-state index is 12.9. The molecule has 162 valence electrons. The van der Waals surface area contributed by atoms with E-state index in [-0.39, 0.29) is 0 Å². The van der Waals surface area contributed by atoms with Crippen LogP contribution in [0.4, 0.5) is 65.9 Å². The number of halogens is 16. The van der Waals surface area contributed by atoms with Crippen LogP contribution in [0.5, 0.6) is 0 Å². The summed E-state index contributed by atoms with van der Waals surface area (Å²) in [7, 11) is 0. The number of hydrogen-bond donors (Lipinski definition) is 0. The van der Waals surface area contributed by atoms with Crippen LogP contribution in [-0.4, -0.2) is 41.4 Å². The van der Waals surface area contributed by atoms with Crippen molar-refractivity contribution in [2.24, 2.45) is 0 Å². The molecular formula is C10ClF15N2. The minimum absolute atomic E-state index is 0.846. The van der Waals surface area contributed by atoms with E-state index in [2.05, 4.69) is 11.6 Å². The first-order chi connectivity index (χ1) is 12.0. The minimum atomic E-state index is -7.12. The highest BCUT2D eigenvalue weighted by Crippen LogP contribution is 2.50. The zero-order valence-corrected chi connectivity index (χ0v) is 12.7. The van der Waals surface area contributed by atoms with Gasteiger partial charge in [0.25, 0.3) is 0 Å². The summed E-state index contributed by atoms with van der Waals surface area (Å²) in [6.07, 6.45) is -34.3. The summed E-state index contributed by atoms with van der Waals surface area (Å²) in [5, 5.41) is -3.84. The first-order valence-electron chi connectivity index (χ1n) is 5.70. The molecule has 0 spiro atoms. The van der Waals surface area contributed by atoms with Crippen LogP contribution in [0.2, 0.25) is 0 Å².